The fourth-order valence-electron chi connectivity index (χ4n) is 1.39. The summed E-state index contributed by atoms with van der Waals surface area (Å²) < 4.78 is 13.6. The Balaban J connectivity index is 3.68. The molecule has 0 amide bonds. The lowest BCUT2D eigenvalue weighted by molar-refractivity contribution is 0.0691. The van der Waals surface area contributed by atoms with Gasteiger partial charge in [0.25, 0.3) is 0 Å². The molecular weight excluding hydrogens is 202 g/mol. The molecule has 1 atom stereocenters. The first-order valence-electron chi connectivity index (χ1n) is 4.16. The largest absolute Gasteiger partial charge is 0.478 e. The van der Waals surface area contributed by atoms with E-state index in [1.165, 1.54) is 0 Å². The first-order chi connectivity index (χ1) is 6.37. The molecule has 2 nitrogen and oxygen atoms in total. The Morgan fingerprint density at radius 3 is 2.14 bits per heavy atom. The van der Waals surface area contributed by atoms with Gasteiger partial charge in [-0.15, -0.1) is 9.24 Å². The minimum Gasteiger partial charge on any atom is -0.478 e. The van der Waals surface area contributed by atoms with E-state index in [0.717, 1.165) is 11.1 Å². The topological polar surface area (TPSA) is 37.3 Å². The second-order valence-electron chi connectivity index (χ2n) is 3.28. The zero-order chi connectivity index (χ0) is 11.0. The van der Waals surface area contributed by atoms with Crippen molar-refractivity contribution in [2.45, 2.75) is 20.8 Å². The molecule has 0 aliphatic heterocycles. The Hall–Kier alpha value is -0.950. The van der Waals surface area contributed by atoms with Crippen LogP contribution in [0.2, 0.25) is 0 Å². The highest BCUT2D eigenvalue weighted by Gasteiger charge is 2.19. The molecule has 0 heterocycles. The molecule has 0 aromatic heterocycles. The van der Waals surface area contributed by atoms with Gasteiger partial charge in [0.2, 0.25) is 0 Å². The number of aromatic carboxylic acids is 1. The molecule has 1 rings (SSSR count). The second kappa shape index (κ2) is 3.66. The summed E-state index contributed by atoms with van der Waals surface area (Å²) in [6.45, 7) is 5.20. The van der Waals surface area contributed by atoms with Gasteiger partial charge in [0.15, 0.2) is 0 Å². The van der Waals surface area contributed by atoms with E-state index in [1.807, 2.05) is 0 Å². The molecule has 76 valence electrons. The maximum Gasteiger partial charge on any atom is 0.338 e. The van der Waals surface area contributed by atoms with Gasteiger partial charge in [0.1, 0.15) is 5.82 Å². The molecule has 1 aromatic rings. The minimum atomic E-state index is -1.22. The van der Waals surface area contributed by atoms with Gasteiger partial charge in [-0.2, -0.15) is 0 Å². The van der Waals surface area contributed by atoms with Crippen LogP contribution in [0.3, 0.4) is 0 Å². The number of carbonyl (C=O) groups is 1. The molecule has 1 unspecified atom stereocenters. The highest BCUT2D eigenvalue weighted by molar-refractivity contribution is 7.27. The van der Waals surface area contributed by atoms with Crippen LogP contribution in [0.25, 0.3) is 0 Å². The van der Waals surface area contributed by atoms with Gasteiger partial charge in [-0.05, 0) is 37.5 Å². The van der Waals surface area contributed by atoms with E-state index in [2.05, 4.69) is 9.24 Å². The van der Waals surface area contributed by atoms with E-state index in [-0.39, 0.29) is 5.56 Å². The summed E-state index contributed by atoms with van der Waals surface area (Å²) in [6, 6.07) is 0. The molecule has 0 aliphatic rings. The fourth-order valence-corrected chi connectivity index (χ4v) is 1.75. The Bertz CT molecular complexity index is 384. The predicted octanol–water partition coefficient (Wildman–Crippen LogP) is 1.95. The maximum absolute atomic E-state index is 13.6. The van der Waals surface area contributed by atoms with Crippen molar-refractivity contribution in [2.75, 3.05) is 0 Å². The average molecular weight is 214 g/mol. The van der Waals surface area contributed by atoms with Crippen LogP contribution in [0.1, 0.15) is 27.0 Å². The van der Waals surface area contributed by atoms with Crippen molar-refractivity contribution >= 4 is 20.5 Å². The molecule has 4 heteroatoms. The summed E-state index contributed by atoms with van der Waals surface area (Å²) in [4.78, 5) is 10.8. The van der Waals surface area contributed by atoms with Gasteiger partial charge < -0.3 is 5.11 Å². The van der Waals surface area contributed by atoms with Crippen LogP contribution in [-0.2, 0) is 0 Å². The fraction of sp³-hybridized carbons (Fsp3) is 0.300. The van der Waals surface area contributed by atoms with Gasteiger partial charge in [0.05, 0.1) is 5.56 Å². The number of carboxylic acids is 1. The molecule has 0 aliphatic carbocycles. The highest BCUT2D eigenvalue weighted by Crippen LogP contribution is 2.20. The molecule has 1 aromatic carbocycles. The lowest BCUT2D eigenvalue weighted by Gasteiger charge is -2.12. The third-order valence-corrected chi connectivity index (χ3v) is 3.26. The van der Waals surface area contributed by atoms with Crippen LogP contribution >= 0.6 is 9.24 Å². The van der Waals surface area contributed by atoms with Crippen molar-refractivity contribution in [3.63, 3.8) is 0 Å². The van der Waals surface area contributed by atoms with E-state index in [0.29, 0.717) is 10.9 Å². The highest BCUT2D eigenvalue weighted by atomic mass is 31.0. The number of halogens is 1. The van der Waals surface area contributed by atoms with E-state index in [1.54, 1.807) is 20.8 Å². The zero-order valence-corrected chi connectivity index (χ0v) is 9.47. The molecule has 0 radical (unpaired) electrons. The normalized spacial score (nSPS) is 10.4. The van der Waals surface area contributed by atoms with Crippen molar-refractivity contribution in [2.24, 2.45) is 0 Å². The number of hydrogen-bond donors (Lipinski definition) is 1. The Kier molecular flexibility index (Phi) is 2.91. The van der Waals surface area contributed by atoms with Gasteiger partial charge in [0, 0.05) is 5.30 Å². The lowest BCUT2D eigenvalue weighted by Crippen LogP contribution is -2.16. The SMILES string of the molecule is Cc1c(C)c(P)c(F)c(C(=O)O)c1C. The number of benzene rings is 1. The molecule has 0 spiro atoms. The van der Waals surface area contributed by atoms with Crippen LogP contribution in [-0.4, -0.2) is 11.1 Å². The third kappa shape index (κ3) is 1.53. The molecular formula is C10H12FO2P. The summed E-state index contributed by atoms with van der Waals surface area (Å²) in [5.74, 6) is -1.87. The minimum absolute atomic E-state index is 0.224. The Morgan fingerprint density at radius 1 is 1.21 bits per heavy atom. The van der Waals surface area contributed by atoms with Crippen LogP contribution < -0.4 is 5.30 Å². The molecule has 0 saturated carbocycles. The summed E-state index contributed by atoms with van der Waals surface area (Å²) in [5.41, 5.74) is 1.89. The molecule has 0 fully saturated rings. The van der Waals surface area contributed by atoms with Crippen LogP contribution in [0.5, 0.6) is 0 Å². The molecule has 1 N–H and O–H groups in total. The van der Waals surface area contributed by atoms with Crippen LogP contribution in [0.15, 0.2) is 0 Å². The number of rotatable bonds is 1. The summed E-state index contributed by atoms with van der Waals surface area (Å²) >= 11 is 0. The van der Waals surface area contributed by atoms with Crippen LogP contribution in [0, 0.1) is 26.6 Å². The average Bonchev–Trinajstić information content (AvgIpc) is 2.11. The zero-order valence-electron chi connectivity index (χ0n) is 8.31. The van der Waals surface area contributed by atoms with E-state index >= 15 is 0 Å². The van der Waals surface area contributed by atoms with Crippen molar-refractivity contribution in [3.8, 4) is 0 Å². The van der Waals surface area contributed by atoms with Crippen molar-refractivity contribution in [1.82, 2.24) is 0 Å². The number of carboxylic acid groups (broad SMARTS) is 1. The van der Waals surface area contributed by atoms with Crippen molar-refractivity contribution in [3.05, 3.63) is 28.1 Å². The predicted molar refractivity (Wildman–Crippen MR) is 56.9 cm³/mol. The maximum atomic E-state index is 13.6. The third-order valence-electron chi connectivity index (χ3n) is 2.57. The standard InChI is InChI=1S/C10H12FO2P/c1-4-5(2)7(10(12)13)8(11)9(14)6(4)3/h14H2,1-3H3,(H,12,13). The summed E-state index contributed by atoms with van der Waals surface area (Å²) in [6.07, 6.45) is 0. The smallest absolute Gasteiger partial charge is 0.338 e. The van der Waals surface area contributed by atoms with Gasteiger partial charge in [-0.25, -0.2) is 9.18 Å². The van der Waals surface area contributed by atoms with Crippen molar-refractivity contribution in [1.29, 1.82) is 0 Å². The van der Waals surface area contributed by atoms with Gasteiger partial charge >= 0.3 is 5.97 Å². The van der Waals surface area contributed by atoms with E-state index < -0.39 is 11.8 Å². The quantitative estimate of drug-likeness (QED) is 0.725. The van der Waals surface area contributed by atoms with Crippen LogP contribution in [0.4, 0.5) is 4.39 Å². The first kappa shape index (κ1) is 11.1. The Morgan fingerprint density at radius 2 is 1.71 bits per heavy atom. The number of hydrogen-bond acceptors (Lipinski definition) is 1. The molecule has 0 saturated heterocycles. The monoisotopic (exact) mass is 214 g/mol. The van der Waals surface area contributed by atoms with E-state index in [9.17, 15) is 9.18 Å². The van der Waals surface area contributed by atoms with Crippen molar-refractivity contribution < 1.29 is 14.3 Å². The first-order valence-corrected chi connectivity index (χ1v) is 4.73. The summed E-state index contributed by atoms with van der Waals surface area (Å²) in [5, 5.41) is 9.18. The summed E-state index contributed by atoms with van der Waals surface area (Å²) in [7, 11) is 2.24. The van der Waals surface area contributed by atoms with E-state index in [4.69, 9.17) is 5.11 Å². The second-order valence-corrected chi connectivity index (χ2v) is 3.86. The Labute approximate surface area is 84.3 Å². The molecule has 0 bridgehead atoms. The van der Waals surface area contributed by atoms with Gasteiger partial charge in [-0.3, -0.25) is 0 Å². The lowest BCUT2D eigenvalue weighted by atomic mass is 9.98. The molecule has 14 heavy (non-hydrogen) atoms. The van der Waals surface area contributed by atoms with Gasteiger partial charge in [-0.1, -0.05) is 0 Å².